The number of hydrogen-bond donors (Lipinski definition) is 0. The molecule has 0 N–H and O–H groups in total. The molecular formula is C16H31FN2. The van der Waals surface area contributed by atoms with Gasteiger partial charge in [-0.25, -0.2) is 4.39 Å². The van der Waals surface area contributed by atoms with Crippen LogP contribution >= 0.6 is 0 Å². The average molecular weight is 270 g/mol. The summed E-state index contributed by atoms with van der Waals surface area (Å²) in [6, 6.07) is 0.688. The predicted molar refractivity (Wildman–Crippen MR) is 79.2 cm³/mol. The molecule has 0 aromatic heterocycles. The van der Waals surface area contributed by atoms with Crippen LogP contribution in [0.5, 0.6) is 0 Å². The third kappa shape index (κ3) is 4.16. The lowest BCUT2D eigenvalue weighted by Crippen LogP contribution is -2.46. The summed E-state index contributed by atoms with van der Waals surface area (Å²) in [4.78, 5) is 5.08. The largest absolute Gasteiger partial charge is 0.303 e. The summed E-state index contributed by atoms with van der Waals surface area (Å²) >= 11 is 0. The molecule has 2 saturated heterocycles. The van der Waals surface area contributed by atoms with E-state index >= 15 is 0 Å². The molecule has 0 spiro atoms. The molecular weight excluding hydrogens is 239 g/mol. The summed E-state index contributed by atoms with van der Waals surface area (Å²) < 4.78 is 14.2. The van der Waals surface area contributed by atoms with E-state index in [-0.39, 0.29) is 0 Å². The van der Waals surface area contributed by atoms with Gasteiger partial charge in [-0.1, -0.05) is 6.92 Å². The fourth-order valence-electron chi connectivity index (χ4n) is 3.51. The summed E-state index contributed by atoms with van der Waals surface area (Å²) in [7, 11) is 0. The maximum Gasteiger partial charge on any atom is 0.113 e. The molecule has 2 aliphatic rings. The highest BCUT2D eigenvalue weighted by Gasteiger charge is 2.33. The number of piperidine rings is 2. The van der Waals surface area contributed by atoms with Crippen LogP contribution in [0, 0.1) is 5.92 Å². The van der Waals surface area contributed by atoms with Crippen molar-refractivity contribution in [1.82, 2.24) is 9.80 Å². The average Bonchev–Trinajstić information content (AvgIpc) is 2.42. The van der Waals surface area contributed by atoms with Crippen molar-refractivity contribution in [1.29, 1.82) is 0 Å². The molecule has 0 bridgehead atoms. The molecule has 0 aromatic rings. The van der Waals surface area contributed by atoms with Gasteiger partial charge in [-0.05, 0) is 65.0 Å². The van der Waals surface area contributed by atoms with E-state index in [1.54, 1.807) is 0 Å². The summed E-state index contributed by atoms with van der Waals surface area (Å²) in [5.74, 6) is 0.837. The SMILES string of the molecule is CCC1(F)CCN(CC2CCN(C(C)C)CC2)CC1. The summed E-state index contributed by atoms with van der Waals surface area (Å²) in [6.07, 6.45) is 4.82. The third-order valence-electron chi connectivity index (χ3n) is 5.28. The van der Waals surface area contributed by atoms with Gasteiger partial charge in [0.15, 0.2) is 0 Å². The number of alkyl halides is 1. The molecule has 0 saturated carbocycles. The molecule has 0 unspecified atom stereocenters. The Labute approximate surface area is 118 Å². The number of rotatable bonds is 4. The highest BCUT2D eigenvalue weighted by molar-refractivity contribution is 4.86. The van der Waals surface area contributed by atoms with E-state index in [2.05, 4.69) is 23.6 Å². The second-order valence-electron chi connectivity index (χ2n) is 6.88. The second-order valence-corrected chi connectivity index (χ2v) is 6.88. The summed E-state index contributed by atoms with van der Waals surface area (Å²) in [5, 5.41) is 0. The Kier molecular flexibility index (Phi) is 5.24. The van der Waals surface area contributed by atoms with Crippen LogP contribution in [0.15, 0.2) is 0 Å². The van der Waals surface area contributed by atoms with Gasteiger partial charge in [0.05, 0.1) is 0 Å². The van der Waals surface area contributed by atoms with Gasteiger partial charge in [0.1, 0.15) is 5.67 Å². The van der Waals surface area contributed by atoms with Crippen molar-refractivity contribution in [2.45, 2.75) is 64.6 Å². The van der Waals surface area contributed by atoms with Crippen molar-refractivity contribution in [2.75, 3.05) is 32.7 Å². The van der Waals surface area contributed by atoms with Crippen LogP contribution in [0.4, 0.5) is 4.39 Å². The zero-order valence-corrected chi connectivity index (χ0v) is 13.0. The molecule has 112 valence electrons. The van der Waals surface area contributed by atoms with E-state index in [1.807, 2.05) is 6.92 Å². The third-order valence-corrected chi connectivity index (χ3v) is 5.28. The van der Waals surface area contributed by atoms with Gasteiger partial charge < -0.3 is 9.80 Å². The van der Waals surface area contributed by atoms with E-state index in [9.17, 15) is 4.39 Å². The van der Waals surface area contributed by atoms with Gasteiger partial charge in [-0.15, -0.1) is 0 Å². The van der Waals surface area contributed by atoms with Crippen molar-refractivity contribution in [2.24, 2.45) is 5.92 Å². The van der Waals surface area contributed by atoms with Crippen LogP contribution in [0.3, 0.4) is 0 Å². The monoisotopic (exact) mass is 270 g/mol. The first-order valence-electron chi connectivity index (χ1n) is 8.18. The molecule has 2 rings (SSSR count). The van der Waals surface area contributed by atoms with Crippen molar-refractivity contribution in [3.63, 3.8) is 0 Å². The van der Waals surface area contributed by atoms with Gasteiger partial charge in [0.2, 0.25) is 0 Å². The minimum absolute atomic E-state index is 0.688. The second kappa shape index (κ2) is 6.53. The number of halogens is 1. The molecule has 19 heavy (non-hydrogen) atoms. The highest BCUT2D eigenvalue weighted by Crippen LogP contribution is 2.30. The Hall–Kier alpha value is -0.150. The Bertz CT molecular complexity index is 264. The fraction of sp³-hybridized carbons (Fsp3) is 1.00. The molecule has 2 nitrogen and oxygen atoms in total. The van der Waals surface area contributed by atoms with Gasteiger partial charge >= 0.3 is 0 Å². The van der Waals surface area contributed by atoms with Gasteiger partial charge in [-0.3, -0.25) is 0 Å². The van der Waals surface area contributed by atoms with Gasteiger partial charge in [0, 0.05) is 25.7 Å². The van der Waals surface area contributed by atoms with E-state index in [0.717, 1.165) is 31.8 Å². The first-order valence-corrected chi connectivity index (χ1v) is 8.18. The van der Waals surface area contributed by atoms with Crippen molar-refractivity contribution < 1.29 is 4.39 Å². The van der Waals surface area contributed by atoms with E-state index in [4.69, 9.17) is 0 Å². The first-order chi connectivity index (χ1) is 9.02. The Morgan fingerprint density at radius 2 is 1.68 bits per heavy atom. The fourth-order valence-corrected chi connectivity index (χ4v) is 3.51. The van der Waals surface area contributed by atoms with Crippen molar-refractivity contribution in [3.05, 3.63) is 0 Å². The lowest BCUT2D eigenvalue weighted by Gasteiger charge is -2.40. The van der Waals surface area contributed by atoms with Gasteiger partial charge in [-0.2, -0.15) is 0 Å². The normalized spacial score (nSPS) is 27.0. The minimum Gasteiger partial charge on any atom is -0.303 e. The van der Waals surface area contributed by atoms with Crippen molar-refractivity contribution in [3.8, 4) is 0 Å². The standard InChI is InChI=1S/C16H31FN2/c1-4-16(17)7-11-18(12-8-16)13-15-5-9-19(10-6-15)14(2)3/h14-15H,4-13H2,1-3H3. The molecule has 0 amide bonds. The van der Waals surface area contributed by atoms with E-state index < -0.39 is 5.67 Å². The minimum atomic E-state index is -0.864. The zero-order valence-electron chi connectivity index (χ0n) is 13.0. The van der Waals surface area contributed by atoms with Crippen LogP contribution in [0.2, 0.25) is 0 Å². The highest BCUT2D eigenvalue weighted by atomic mass is 19.1. The predicted octanol–water partition coefficient (Wildman–Crippen LogP) is 3.32. The van der Waals surface area contributed by atoms with Crippen LogP contribution in [0.1, 0.15) is 52.9 Å². The maximum atomic E-state index is 14.2. The number of nitrogens with zero attached hydrogens (tertiary/aromatic N) is 2. The zero-order chi connectivity index (χ0) is 13.9. The molecule has 2 fully saturated rings. The van der Waals surface area contributed by atoms with Crippen molar-refractivity contribution >= 4 is 0 Å². The molecule has 0 atom stereocenters. The maximum absolute atomic E-state index is 14.2. The molecule has 0 radical (unpaired) electrons. The van der Waals surface area contributed by atoms with Crippen LogP contribution in [-0.4, -0.2) is 54.2 Å². The Morgan fingerprint density at radius 3 is 2.16 bits per heavy atom. The van der Waals surface area contributed by atoms with Gasteiger partial charge in [0.25, 0.3) is 0 Å². The lowest BCUT2D eigenvalue weighted by atomic mass is 9.89. The first kappa shape index (κ1) is 15.2. The summed E-state index contributed by atoms with van der Waals surface area (Å²) in [6.45, 7) is 12.2. The van der Waals surface area contributed by atoms with Crippen LogP contribution < -0.4 is 0 Å². The quantitative estimate of drug-likeness (QED) is 0.773. The Morgan fingerprint density at radius 1 is 1.11 bits per heavy atom. The topological polar surface area (TPSA) is 6.48 Å². The van der Waals surface area contributed by atoms with E-state index in [1.165, 1.54) is 32.5 Å². The summed E-state index contributed by atoms with van der Waals surface area (Å²) in [5.41, 5.74) is -0.864. The molecule has 3 heteroatoms. The number of likely N-dealkylation sites (tertiary alicyclic amines) is 2. The molecule has 0 aromatic carbocycles. The Balaban J connectivity index is 1.70. The smallest absolute Gasteiger partial charge is 0.113 e. The van der Waals surface area contributed by atoms with E-state index in [0.29, 0.717) is 12.5 Å². The van der Waals surface area contributed by atoms with Crippen LogP contribution in [-0.2, 0) is 0 Å². The van der Waals surface area contributed by atoms with Crippen LogP contribution in [0.25, 0.3) is 0 Å². The number of hydrogen-bond acceptors (Lipinski definition) is 2. The lowest BCUT2D eigenvalue weighted by molar-refractivity contribution is 0.0397. The molecule has 2 aliphatic heterocycles. The molecule has 0 aliphatic carbocycles. The molecule has 2 heterocycles.